The van der Waals surface area contributed by atoms with Gasteiger partial charge in [0.05, 0.1) is 6.10 Å². The number of hydrogen-bond acceptors (Lipinski definition) is 3. The molecular formula is C9H20N2O. The van der Waals surface area contributed by atoms with Gasteiger partial charge in [-0.3, -0.25) is 4.90 Å². The van der Waals surface area contributed by atoms with E-state index < -0.39 is 0 Å². The zero-order valence-corrected chi connectivity index (χ0v) is 8.25. The summed E-state index contributed by atoms with van der Waals surface area (Å²) in [5, 5.41) is 12.8. The monoisotopic (exact) mass is 172 g/mol. The summed E-state index contributed by atoms with van der Waals surface area (Å²) in [6.07, 6.45) is -0.227. The van der Waals surface area contributed by atoms with Gasteiger partial charge in [-0.1, -0.05) is 0 Å². The summed E-state index contributed by atoms with van der Waals surface area (Å²) >= 11 is 0. The summed E-state index contributed by atoms with van der Waals surface area (Å²) < 4.78 is 0. The summed E-state index contributed by atoms with van der Waals surface area (Å²) in [4.78, 5) is 2.34. The van der Waals surface area contributed by atoms with Gasteiger partial charge in [0.1, 0.15) is 0 Å². The van der Waals surface area contributed by atoms with Crippen LogP contribution in [0.5, 0.6) is 0 Å². The molecule has 3 nitrogen and oxygen atoms in total. The first-order valence-corrected chi connectivity index (χ1v) is 4.76. The Balaban J connectivity index is 2.40. The van der Waals surface area contributed by atoms with E-state index in [0.717, 1.165) is 19.6 Å². The minimum absolute atomic E-state index is 0.227. The minimum Gasteiger partial charge on any atom is -0.392 e. The molecule has 1 rings (SSSR count). The van der Waals surface area contributed by atoms with E-state index in [0.29, 0.717) is 6.04 Å². The fourth-order valence-electron chi connectivity index (χ4n) is 1.64. The first-order chi connectivity index (χ1) is 5.61. The van der Waals surface area contributed by atoms with Gasteiger partial charge in [-0.25, -0.2) is 0 Å². The van der Waals surface area contributed by atoms with Crippen LogP contribution in [0.25, 0.3) is 0 Å². The van der Waals surface area contributed by atoms with Gasteiger partial charge >= 0.3 is 0 Å². The van der Waals surface area contributed by atoms with E-state index in [-0.39, 0.29) is 12.1 Å². The molecular weight excluding hydrogens is 152 g/mol. The highest BCUT2D eigenvalue weighted by molar-refractivity contribution is 4.80. The molecule has 0 bridgehead atoms. The number of hydrogen-bond donors (Lipinski definition) is 2. The largest absolute Gasteiger partial charge is 0.392 e. The molecule has 0 spiro atoms. The topological polar surface area (TPSA) is 35.5 Å². The second kappa shape index (κ2) is 4.21. The Morgan fingerprint density at radius 1 is 1.50 bits per heavy atom. The second-order valence-electron chi connectivity index (χ2n) is 3.83. The van der Waals surface area contributed by atoms with Crippen LogP contribution < -0.4 is 5.32 Å². The van der Waals surface area contributed by atoms with Crippen molar-refractivity contribution in [3.8, 4) is 0 Å². The predicted molar refractivity (Wildman–Crippen MR) is 50.2 cm³/mol. The van der Waals surface area contributed by atoms with Crippen molar-refractivity contribution in [2.75, 3.05) is 19.6 Å². The van der Waals surface area contributed by atoms with E-state index in [1.165, 1.54) is 0 Å². The van der Waals surface area contributed by atoms with E-state index in [1.807, 2.05) is 6.92 Å². The number of rotatable bonds is 2. The lowest BCUT2D eigenvalue weighted by molar-refractivity contribution is 0.0544. The molecule has 1 fully saturated rings. The van der Waals surface area contributed by atoms with E-state index in [4.69, 9.17) is 0 Å². The van der Waals surface area contributed by atoms with Crippen molar-refractivity contribution in [3.05, 3.63) is 0 Å². The SMILES string of the molecule is CC1CN(C(C)C(C)O)CCN1. The van der Waals surface area contributed by atoms with Gasteiger partial charge in [0.2, 0.25) is 0 Å². The number of piperazine rings is 1. The fourth-order valence-corrected chi connectivity index (χ4v) is 1.64. The van der Waals surface area contributed by atoms with E-state index >= 15 is 0 Å². The molecule has 0 aromatic carbocycles. The molecule has 2 N–H and O–H groups in total. The molecule has 12 heavy (non-hydrogen) atoms. The Morgan fingerprint density at radius 3 is 2.67 bits per heavy atom. The van der Waals surface area contributed by atoms with Crippen LogP contribution >= 0.6 is 0 Å². The van der Waals surface area contributed by atoms with E-state index in [2.05, 4.69) is 24.1 Å². The molecule has 1 saturated heterocycles. The average Bonchev–Trinajstić information content (AvgIpc) is 2.03. The third-order valence-electron chi connectivity index (χ3n) is 2.67. The summed E-state index contributed by atoms with van der Waals surface area (Å²) in [6.45, 7) is 9.27. The Hall–Kier alpha value is -0.120. The van der Waals surface area contributed by atoms with Crippen molar-refractivity contribution in [3.63, 3.8) is 0 Å². The van der Waals surface area contributed by atoms with Crippen LogP contribution in [0.1, 0.15) is 20.8 Å². The maximum atomic E-state index is 9.40. The standard InChI is InChI=1S/C9H20N2O/c1-7-6-11(5-4-10-7)8(2)9(3)12/h7-10,12H,4-6H2,1-3H3. The number of aliphatic hydroxyl groups excluding tert-OH is 1. The van der Waals surface area contributed by atoms with Crippen molar-refractivity contribution in [1.29, 1.82) is 0 Å². The van der Waals surface area contributed by atoms with Crippen LogP contribution in [0.2, 0.25) is 0 Å². The van der Waals surface area contributed by atoms with Crippen molar-refractivity contribution in [2.45, 2.75) is 39.0 Å². The second-order valence-corrected chi connectivity index (χ2v) is 3.83. The zero-order chi connectivity index (χ0) is 9.14. The molecule has 0 aromatic rings. The van der Waals surface area contributed by atoms with E-state index in [1.54, 1.807) is 0 Å². The third kappa shape index (κ3) is 2.44. The van der Waals surface area contributed by atoms with Crippen LogP contribution in [-0.4, -0.2) is 47.8 Å². The summed E-state index contributed by atoms with van der Waals surface area (Å²) in [6, 6.07) is 0.842. The highest BCUT2D eigenvalue weighted by atomic mass is 16.3. The lowest BCUT2D eigenvalue weighted by atomic mass is 10.1. The minimum atomic E-state index is -0.227. The molecule has 72 valence electrons. The Kier molecular flexibility index (Phi) is 3.50. The zero-order valence-electron chi connectivity index (χ0n) is 8.25. The lowest BCUT2D eigenvalue weighted by Gasteiger charge is -2.37. The van der Waals surface area contributed by atoms with Crippen LogP contribution in [0, 0.1) is 0 Å². The smallest absolute Gasteiger partial charge is 0.0664 e. The van der Waals surface area contributed by atoms with Crippen LogP contribution in [0.15, 0.2) is 0 Å². The van der Waals surface area contributed by atoms with Crippen molar-refractivity contribution >= 4 is 0 Å². The number of nitrogens with zero attached hydrogens (tertiary/aromatic N) is 1. The van der Waals surface area contributed by atoms with Crippen molar-refractivity contribution < 1.29 is 5.11 Å². The average molecular weight is 172 g/mol. The molecule has 0 aromatic heterocycles. The molecule has 3 unspecified atom stereocenters. The Morgan fingerprint density at radius 2 is 2.17 bits per heavy atom. The Labute approximate surface area is 74.8 Å². The lowest BCUT2D eigenvalue weighted by Crippen LogP contribution is -2.54. The summed E-state index contributed by atoms with van der Waals surface area (Å²) in [5.74, 6) is 0. The molecule has 1 aliphatic rings. The Bertz CT molecular complexity index is 138. The first kappa shape index (κ1) is 9.96. The van der Waals surface area contributed by atoms with Gasteiger partial charge in [-0.15, -0.1) is 0 Å². The molecule has 3 atom stereocenters. The van der Waals surface area contributed by atoms with Gasteiger partial charge in [0, 0.05) is 31.7 Å². The molecule has 0 aliphatic carbocycles. The van der Waals surface area contributed by atoms with Gasteiger partial charge in [0.25, 0.3) is 0 Å². The quantitative estimate of drug-likeness (QED) is 0.618. The van der Waals surface area contributed by atoms with Gasteiger partial charge < -0.3 is 10.4 Å². The maximum absolute atomic E-state index is 9.40. The highest BCUT2D eigenvalue weighted by Crippen LogP contribution is 2.07. The summed E-state index contributed by atoms with van der Waals surface area (Å²) in [5.41, 5.74) is 0. The molecule has 0 saturated carbocycles. The van der Waals surface area contributed by atoms with Crippen LogP contribution in [0.4, 0.5) is 0 Å². The van der Waals surface area contributed by atoms with Crippen molar-refractivity contribution in [1.82, 2.24) is 10.2 Å². The maximum Gasteiger partial charge on any atom is 0.0664 e. The molecule has 3 heteroatoms. The normalized spacial score (nSPS) is 31.5. The van der Waals surface area contributed by atoms with Gasteiger partial charge in [-0.05, 0) is 20.8 Å². The molecule has 1 aliphatic heterocycles. The van der Waals surface area contributed by atoms with Crippen LogP contribution in [-0.2, 0) is 0 Å². The summed E-state index contributed by atoms with van der Waals surface area (Å²) in [7, 11) is 0. The van der Waals surface area contributed by atoms with Crippen LogP contribution in [0.3, 0.4) is 0 Å². The van der Waals surface area contributed by atoms with Gasteiger partial charge in [-0.2, -0.15) is 0 Å². The molecule has 0 radical (unpaired) electrons. The van der Waals surface area contributed by atoms with Gasteiger partial charge in [0.15, 0.2) is 0 Å². The predicted octanol–water partition coefficient (Wildman–Crippen LogP) is 0.0494. The number of nitrogens with one attached hydrogen (secondary N) is 1. The molecule has 0 amide bonds. The fraction of sp³-hybridized carbons (Fsp3) is 1.00. The first-order valence-electron chi connectivity index (χ1n) is 4.76. The third-order valence-corrected chi connectivity index (χ3v) is 2.67. The highest BCUT2D eigenvalue weighted by Gasteiger charge is 2.22. The van der Waals surface area contributed by atoms with E-state index in [9.17, 15) is 5.11 Å². The van der Waals surface area contributed by atoms with Crippen molar-refractivity contribution in [2.24, 2.45) is 0 Å². The molecule has 1 heterocycles. The number of aliphatic hydroxyl groups is 1.